The van der Waals surface area contributed by atoms with Crippen molar-refractivity contribution < 1.29 is 4.79 Å². The predicted octanol–water partition coefficient (Wildman–Crippen LogP) is 2.35. The lowest BCUT2D eigenvalue weighted by atomic mass is 10.1. The zero-order chi connectivity index (χ0) is 15.6. The lowest BCUT2D eigenvalue weighted by Gasteiger charge is -2.11. The first-order valence-electron chi connectivity index (χ1n) is 6.93. The third-order valence-corrected chi connectivity index (χ3v) is 3.42. The number of hydrogen-bond donors (Lipinski definition) is 1. The Kier molecular flexibility index (Phi) is 4.43. The van der Waals surface area contributed by atoms with E-state index in [4.69, 9.17) is 0 Å². The molecule has 0 aliphatic rings. The number of nitrogens with one attached hydrogen (secondary N) is 1. The van der Waals surface area contributed by atoms with Crippen LogP contribution in [0.4, 0.5) is 5.69 Å². The maximum Gasteiger partial charge on any atom is 0.259 e. The summed E-state index contributed by atoms with van der Waals surface area (Å²) in [6.45, 7) is 4.59. The summed E-state index contributed by atoms with van der Waals surface area (Å²) in [7, 11) is 5.89. The fourth-order valence-electron chi connectivity index (χ4n) is 2.41. The molecule has 1 aromatic carbocycles. The molecule has 0 saturated heterocycles. The Morgan fingerprint density at radius 3 is 2.62 bits per heavy atom. The number of carbonyl (C=O) groups is 1. The van der Waals surface area contributed by atoms with Crippen LogP contribution in [0.25, 0.3) is 0 Å². The molecule has 0 spiro atoms. The molecule has 0 unspecified atom stereocenters. The van der Waals surface area contributed by atoms with Gasteiger partial charge < -0.3 is 10.2 Å². The van der Waals surface area contributed by atoms with Crippen LogP contribution >= 0.6 is 0 Å². The molecule has 5 nitrogen and oxygen atoms in total. The molecule has 0 fully saturated rings. The Morgan fingerprint density at radius 2 is 2.05 bits per heavy atom. The van der Waals surface area contributed by atoms with E-state index in [0.29, 0.717) is 5.56 Å². The van der Waals surface area contributed by atoms with Gasteiger partial charge in [-0.05, 0) is 45.6 Å². The van der Waals surface area contributed by atoms with Gasteiger partial charge in [-0.1, -0.05) is 12.1 Å². The summed E-state index contributed by atoms with van der Waals surface area (Å²) in [5.41, 5.74) is 4.24. The number of nitrogens with zero attached hydrogens (tertiary/aromatic N) is 3. The van der Waals surface area contributed by atoms with Gasteiger partial charge in [-0.15, -0.1) is 0 Å². The minimum absolute atomic E-state index is 0.111. The van der Waals surface area contributed by atoms with Gasteiger partial charge in [0, 0.05) is 25.0 Å². The third kappa shape index (κ3) is 3.49. The topological polar surface area (TPSA) is 50.2 Å². The van der Waals surface area contributed by atoms with Gasteiger partial charge in [-0.3, -0.25) is 9.48 Å². The third-order valence-electron chi connectivity index (χ3n) is 3.42. The van der Waals surface area contributed by atoms with Crippen molar-refractivity contribution in [3.63, 3.8) is 0 Å². The fourth-order valence-corrected chi connectivity index (χ4v) is 2.41. The van der Waals surface area contributed by atoms with Crippen molar-refractivity contribution in [2.75, 3.05) is 19.4 Å². The van der Waals surface area contributed by atoms with E-state index in [-0.39, 0.29) is 5.91 Å². The van der Waals surface area contributed by atoms with E-state index in [1.54, 1.807) is 4.68 Å². The number of aryl methyl sites for hydroxylation is 2. The van der Waals surface area contributed by atoms with Crippen LogP contribution in [0, 0.1) is 13.8 Å². The monoisotopic (exact) mass is 286 g/mol. The molecule has 1 heterocycles. The largest absolute Gasteiger partial charge is 0.322 e. The molecule has 21 heavy (non-hydrogen) atoms. The van der Waals surface area contributed by atoms with E-state index in [2.05, 4.69) is 21.4 Å². The molecule has 2 aromatic rings. The van der Waals surface area contributed by atoms with E-state index in [1.165, 1.54) is 0 Å². The summed E-state index contributed by atoms with van der Waals surface area (Å²) in [5.74, 6) is -0.111. The summed E-state index contributed by atoms with van der Waals surface area (Å²) >= 11 is 0. The van der Waals surface area contributed by atoms with Crippen molar-refractivity contribution in [3.8, 4) is 0 Å². The van der Waals surface area contributed by atoms with Crippen molar-refractivity contribution in [3.05, 3.63) is 46.8 Å². The lowest BCUT2D eigenvalue weighted by molar-refractivity contribution is 0.102. The van der Waals surface area contributed by atoms with Gasteiger partial charge in [0.05, 0.1) is 11.3 Å². The molecule has 2 rings (SSSR count). The van der Waals surface area contributed by atoms with Gasteiger partial charge >= 0.3 is 0 Å². The van der Waals surface area contributed by atoms with E-state index < -0.39 is 0 Å². The van der Waals surface area contributed by atoms with Crippen LogP contribution in [-0.2, 0) is 13.6 Å². The number of benzene rings is 1. The Balaban J connectivity index is 2.20. The highest BCUT2D eigenvalue weighted by Gasteiger charge is 2.17. The predicted molar refractivity (Wildman–Crippen MR) is 84.5 cm³/mol. The number of carbonyl (C=O) groups excluding carboxylic acids is 1. The summed E-state index contributed by atoms with van der Waals surface area (Å²) < 4.78 is 1.73. The summed E-state index contributed by atoms with van der Waals surface area (Å²) in [6.07, 6.45) is 0. The Morgan fingerprint density at radius 1 is 1.33 bits per heavy atom. The maximum atomic E-state index is 12.4. The Labute approximate surface area is 125 Å². The first-order chi connectivity index (χ1) is 9.88. The van der Waals surface area contributed by atoms with Crippen LogP contribution in [0.3, 0.4) is 0 Å². The van der Waals surface area contributed by atoms with Gasteiger partial charge in [-0.25, -0.2) is 0 Å². The average molecular weight is 286 g/mol. The molecule has 0 saturated carbocycles. The molecule has 0 aliphatic carbocycles. The lowest BCUT2D eigenvalue weighted by Crippen LogP contribution is -2.15. The van der Waals surface area contributed by atoms with Crippen LogP contribution in [0.5, 0.6) is 0 Å². The summed E-state index contributed by atoms with van der Waals surface area (Å²) in [4.78, 5) is 14.5. The fraction of sp³-hybridized carbons (Fsp3) is 0.375. The van der Waals surface area contributed by atoms with Crippen molar-refractivity contribution in [1.29, 1.82) is 0 Å². The van der Waals surface area contributed by atoms with Gasteiger partial charge in [0.15, 0.2) is 0 Å². The Hall–Kier alpha value is -2.14. The molecule has 112 valence electrons. The van der Waals surface area contributed by atoms with Crippen molar-refractivity contribution >= 4 is 11.6 Å². The minimum atomic E-state index is -0.111. The van der Waals surface area contributed by atoms with Crippen LogP contribution in [0.15, 0.2) is 24.3 Å². The molecule has 0 radical (unpaired) electrons. The van der Waals surface area contributed by atoms with Crippen LogP contribution in [-0.4, -0.2) is 34.7 Å². The van der Waals surface area contributed by atoms with Crippen LogP contribution in [0.1, 0.15) is 27.3 Å². The molecule has 1 aromatic heterocycles. The zero-order valence-corrected chi connectivity index (χ0v) is 13.3. The van der Waals surface area contributed by atoms with E-state index in [1.807, 2.05) is 53.2 Å². The summed E-state index contributed by atoms with van der Waals surface area (Å²) in [6, 6.07) is 7.91. The van der Waals surface area contributed by atoms with Crippen molar-refractivity contribution in [2.45, 2.75) is 20.4 Å². The number of hydrogen-bond acceptors (Lipinski definition) is 3. The van der Waals surface area contributed by atoms with Crippen molar-refractivity contribution in [1.82, 2.24) is 14.7 Å². The number of aromatic nitrogens is 2. The van der Waals surface area contributed by atoms with Crippen LogP contribution in [0.2, 0.25) is 0 Å². The van der Waals surface area contributed by atoms with Crippen LogP contribution < -0.4 is 5.32 Å². The summed E-state index contributed by atoms with van der Waals surface area (Å²) in [5, 5.41) is 7.24. The smallest absolute Gasteiger partial charge is 0.259 e. The molecule has 0 aliphatic heterocycles. The quantitative estimate of drug-likeness (QED) is 0.938. The van der Waals surface area contributed by atoms with Crippen molar-refractivity contribution in [2.24, 2.45) is 7.05 Å². The molecular formula is C16H22N4O. The van der Waals surface area contributed by atoms with Gasteiger partial charge in [0.25, 0.3) is 5.91 Å². The SMILES string of the molecule is Cc1nn(C)c(C)c1C(=O)Nc1cccc(CN(C)C)c1. The molecule has 0 atom stereocenters. The highest BCUT2D eigenvalue weighted by molar-refractivity contribution is 6.05. The minimum Gasteiger partial charge on any atom is -0.322 e. The van der Waals surface area contributed by atoms with Gasteiger partial charge in [0.2, 0.25) is 0 Å². The second-order valence-electron chi connectivity index (χ2n) is 5.56. The second kappa shape index (κ2) is 6.10. The van der Waals surface area contributed by atoms with E-state index in [9.17, 15) is 4.79 Å². The first kappa shape index (κ1) is 15.3. The molecule has 0 bridgehead atoms. The highest BCUT2D eigenvalue weighted by Crippen LogP contribution is 2.16. The normalized spacial score (nSPS) is 11.0. The maximum absolute atomic E-state index is 12.4. The number of rotatable bonds is 4. The zero-order valence-electron chi connectivity index (χ0n) is 13.3. The van der Waals surface area contributed by atoms with Gasteiger partial charge in [0.1, 0.15) is 0 Å². The van der Waals surface area contributed by atoms with E-state index in [0.717, 1.165) is 29.2 Å². The molecule has 1 N–H and O–H groups in total. The highest BCUT2D eigenvalue weighted by atomic mass is 16.1. The van der Waals surface area contributed by atoms with E-state index >= 15 is 0 Å². The molecule has 1 amide bonds. The Bertz CT molecular complexity index is 658. The molecular weight excluding hydrogens is 264 g/mol. The first-order valence-corrected chi connectivity index (χ1v) is 6.93. The van der Waals surface area contributed by atoms with Gasteiger partial charge in [-0.2, -0.15) is 5.10 Å². The number of anilines is 1. The number of amides is 1. The second-order valence-corrected chi connectivity index (χ2v) is 5.56. The standard InChI is InChI=1S/C16H22N4O/c1-11-15(12(2)20(5)18-11)16(21)17-14-8-6-7-13(9-14)10-19(3)4/h6-9H,10H2,1-5H3,(H,17,21). The molecule has 5 heteroatoms. The average Bonchev–Trinajstić information content (AvgIpc) is 2.62.